The molecule has 1 heterocycles. The molecule has 4 nitrogen and oxygen atoms in total. The van der Waals surface area contributed by atoms with Crippen LogP contribution in [-0.4, -0.2) is 17.1 Å². The van der Waals surface area contributed by atoms with Crippen LogP contribution >= 0.6 is 0 Å². The maximum atomic E-state index is 13.6. The van der Waals surface area contributed by atoms with E-state index >= 15 is 0 Å². The fourth-order valence-corrected chi connectivity index (χ4v) is 1.55. The Morgan fingerprint density at radius 3 is 2.67 bits per heavy atom. The number of nitrogens with two attached hydrogens (primary N) is 1. The topological polar surface area (TPSA) is 61.0 Å². The molecule has 0 amide bonds. The number of aromatic nitrogens is 2. The van der Waals surface area contributed by atoms with E-state index in [2.05, 4.69) is 9.97 Å². The SMILES string of the molecule is COCc1nc(N)cc(-c2ccc(F)cc2F)n1. The molecule has 0 saturated carbocycles. The van der Waals surface area contributed by atoms with Crippen molar-refractivity contribution in [3.05, 3.63) is 41.7 Å². The van der Waals surface area contributed by atoms with Crippen molar-refractivity contribution in [1.29, 1.82) is 0 Å². The van der Waals surface area contributed by atoms with Crippen LogP contribution in [0.5, 0.6) is 0 Å². The van der Waals surface area contributed by atoms with E-state index in [1.165, 1.54) is 19.2 Å². The molecule has 0 spiro atoms. The second-order valence-electron chi connectivity index (χ2n) is 3.65. The summed E-state index contributed by atoms with van der Waals surface area (Å²) in [4.78, 5) is 8.05. The van der Waals surface area contributed by atoms with Gasteiger partial charge in [0, 0.05) is 24.8 Å². The molecule has 0 unspecified atom stereocenters. The molecule has 2 N–H and O–H groups in total. The van der Waals surface area contributed by atoms with Gasteiger partial charge in [-0.05, 0) is 12.1 Å². The molecule has 18 heavy (non-hydrogen) atoms. The van der Waals surface area contributed by atoms with Crippen LogP contribution in [0.2, 0.25) is 0 Å². The molecule has 0 saturated heterocycles. The second kappa shape index (κ2) is 5.05. The van der Waals surface area contributed by atoms with Crippen molar-refractivity contribution in [2.45, 2.75) is 6.61 Å². The van der Waals surface area contributed by atoms with E-state index in [-0.39, 0.29) is 18.0 Å². The number of benzene rings is 1. The molecule has 94 valence electrons. The molecule has 0 aliphatic carbocycles. The number of hydrogen-bond donors (Lipinski definition) is 1. The van der Waals surface area contributed by atoms with Crippen LogP contribution in [0, 0.1) is 11.6 Å². The standard InChI is InChI=1S/C12H11F2N3O/c1-18-6-12-16-10(5-11(15)17-12)8-3-2-7(13)4-9(8)14/h2-5H,6H2,1H3,(H2,15,16,17). The van der Waals surface area contributed by atoms with Gasteiger partial charge in [-0.1, -0.05) is 0 Å². The largest absolute Gasteiger partial charge is 0.384 e. The van der Waals surface area contributed by atoms with Crippen molar-refractivity contribution in [3.8, 4) is 11.3 Å². The lowest BCUT2D eigenvalue weighted by atomic mass is 10.1. The number of ether oxygens (including phenoxy) is 1. The van der Waals surface area contributed by atoms with Crippen LogP contribution in [0.4, 0.5) is 14.6 Å². The van der Waals surface area contributed by atoms with Crippen molar-refractivity contribution >= 4 is 5.82 Å². The molecule has 1 aromatic carbocycles. The summed E-state index contributed by atoms with van der Waals surface area (Å²) in [5, 5.41) is 0. The summed E-state index contributed by atoms with van der Waals surface area (Å²) in [5.41, 5.74) is 6.07. The molecule has 2 aromatic rings. The molecular formula is C12H11F2N3O. The summed E-state index contributed by atoms with van der Waals surface area (Å²) in [6, 6.07) is 4.69. The summed E-state index contributed by atoms with van der Waals surface area (Å²) in [5.74, 6) is -0.793. The smallest absolute Gasteiger partial charge is 0.157 e. The van der Waals surface area contributed by atoms with Crippen LogP contribution < -0.4 is 5.73 Å². The molecular weight excluding hydrogens is 240 g/mol. The number of nitrogens with zero attached hydrogens (tertiary/aromatic N) is 2. The number of halogens is 2. The van der Waals surface area contributed by atoms with Crippen molar-refractivity contribution < 1.29 is 13.5 Å². The first-order valence-electron chi connectivity index (χ1n) is 5.18. The predicted molar refractivity (Wildman–Crippen MR) is 62.5 cm³/mol. The summed E-state index contributed by atoms with van der Waals surface area (Å²) < 4.78 is 31.3. The normalized spacial score (nSPS) is 10.6. The Balaban J connectivity index is 2.49. The van der Waals surface area contributed by atoms with Crippen LogP contribution in [0.25, 0.3) is 11.3 Å². The van der Waals surface area contributed by atoms with Gasteiger partial charge in [-0.3, -0.25) is 0 Å². The molecule has 2 rings (SSSR count). The maximum Gasteiger partial charge on any atom is 0.157 e. The van der Waals surface area contributed by atoms with Crippen molar-refractivity contribution in [2.75, 3.05) is 12.8 Å². The van der Waals surface area contributed by atoms with Crippen molar-refractivity contribution in [2.24, 2.45) is 0 Å². The Bertz CT molecular complexity index is 575. The first-order valence-corrected chi connectivity index (χ1v) is 5.18. The summed E-state index contributed by atoms with van der Waals surface area (Å²) >= 11 is 0. The zero-order valence-electron chi connectivity index (χ0n) is 9.65. The zero-order chi connectivity index (χ0) is 13.1. The monoisotopic (exact) mass is 251 g/mol. The highest BCUT2D eigenvalue weighted by molar-refractivity contribution is 5.62. The average molecular weight is 251 g/mol. The quantitative estimate of drug-likeness (QED) is 0.908. The van der Waals surface area contributed by atoms with Gasteiger partial charge in [0.15, 0.2) is 5.82 Å². The average Bonchev–Trinajstić information content (AvgIpc) is 2.28. The Kier molecular flexibility index (Phi) is 3.47. The highest BCUT2D eigenvalue weighted by Gasteiger charge is 2.10. The van der Waals surface area contributed by atoms with E-state index in [0.717, 1.165) is 12.1 Å². The van der Waals surface area contributed by atoms with Gasteiger partial charge in [-0.2, -0.15) is 0 Å². The van der Waals surface area contributed by atoms with Gasteiger partial charge in [0.1, 0.15) is 24.1 Å². The van der Waals surface area contributed by atoms with Crippen LogP contribution in [0.1, 0.15) is 5.82 Å². The van der Waals surface area contributed by atoms with Crippen molar-refractivity contribution in [3.63, 3.8) is 0 Å². The summed E-state index contributed by atoms with van der Waals surface area (Å²) in [7, 11) is 1.49. The Morgan fingerprint density at radius 1 is 1.22 bits per heavy atom. The van der Waals surface area contributed by atoms with E-state index in [4.69, 9.17) is 10.5 Å². The molecule has 0 aliphatic heterocycles. The van der Waals surface area contributed by atoms with Gasteiger partial charge in [0.05, 0.1) is 5.69 Å². The van der Waals surface area contributed by atoms with E-state index in [1.54, 1.807) is 0 Å². The lowest BCUT2D eigenvalue weighted by Gasteiger charge is -2.06. The molecule has 0 radical (unpaired) electrons. The zero-order valence-corrected chi connectivity index (χ0v) is 9.65. The number of methoxy groups -OCH3 is 1. The minimum absolute atomic E-state index is 0.168. The molecule has 6 heteroatoms. The minimum atomic E-state index is -0.698. The number of nitrogen functional groups attached to an aromatic ring is 1. The third kappa shape index (κ3) is 2.60. The molecule has 0 atom stereocenters. The van der Waals surface area contributed by atoms with Gasteiger partial charge < -0.3 is 10.5 Å². The van der Waals surface area contributed by atoms with Gasteiger partial charge >= 0.3 is 0 Å². The third-order valence-corrected chi connectivity index (χ3v) is 2.27. The third-order valence-electron chi connectivity index (χ3n) is 2.27. The van der Waals surface area contributed by atoms with Crippen LogP contribution in [-0.2, 0) is 11.3 Å². The second-order valence-corrected chi connectivity index (χ2v) is 3.65. The minimum Gasteiger partial charge on any atom is -0.384 e. The van der Waals surface area contributed by atoms with Crippen LogP contribution in [0.15, 0.2) is 24.3 Å². The summed E-state index contributed by atoms with van der Waals surface area (Å²) in [6.45, 7) is 0.168. The fraction of sp³-hybridized carbons (Fsp3) is 0.167. The predicted octanol–water partition coefficient (Wildman–Crippen LogP) is 2.15. The summed E-state index contributed by atoms with van der Waals surface area (Å²) in [6.07, 6.45) is 0. The highest BCUT2D eigenvalue weighted by Crippen LogP contribution is 2.23. The lowest BCUT2D eigenvalue weighted by molar-refractivity contribution is 0.178. The van der Waals surface area contributed by atoms with Crippen LogP contribution in [0.3, 0.4) is 0 Å². The highest BCUT2D eigenvalue weighted by atomic mass is 19.1. The van der Waals surface area contributed by atoms with E-state index in [9.17, 15) is 8.78 Å². The number of rotatable bonds is 3. The molecule has 0 aliphatic rings. The van der Waals surface area contributed by atoms with E-state index in [1.807, 2.05) is 0 Å². The number of hydrogen-bond acceptors (Lipinski definition) is 4. The van der Waals surface area contributed by atoms with Gasteiger partial charge in [-0.25, -0.2) is 18.7 Å². The molecule has 1 aromatic heterocycles. The Morgan fingerprint density at radius 2 is 2.00 bits per heavy atom. The van der Waals surface area contributed by atoms with Gasteiger partial charge in [0.25, 0.3) is 0 Å². The Hall–Kier alpha value is -2.08. The van der Waals surface area contributed by atoms with Gasteiger partial charge in [0.2, 0.25) is 0 Å². The first-order chi connectivity index (χ1) is 8.60. The van der Waals surface area contributed by atoms with Gasteiger partial charge in [-0.15, -0.1) is 0 Å². The van der Waals surface area contributed by atoms with E-state index < -0.39 is 11.6 Å². The fourth-order valence-electron chi connectivity index (χ4n) is 1.55. The van der Waals surface area contributed by atoms with E-state index in [0.29, 0.717) is 11.5 Å². The maximum absolute atomic E-state index is 13.6. The van der Waals surface area contributed by atoms with Crippen molar-refractivity contribution in [1.82, 2.24) is 9.97 Å². The lowest BCUT2D eigenvalue weighted by Crippen LogP contribution is -2.03. The molecule has 0 fully saturated rings. The Labute approximate surface area is 102 Å². The number of anilines is 1. The first kappa shape index (κ1) is 12.4. The molecule has 0 bridgehead atoms.